The monoisotopic (exact) mass is 296 g/mol. The Hall–Kier alpha value is -1.07. The lowest BCUT2D eigenvalue weighted by Crippen LogP contribution is -2.40. The van der Waals surface area contributed by atoms with E-state index in [0.717, 1.165) is 25.7 Å². The Morgan fingerprint density at radius 2 is 2.05 bits per heavy atom. The lowest BCUT2D eigenvalue weighted by molar-refractivity contribution is 0.212. The van der Waals surface area contributed by atoms with Crippen molar-refractivity contribution >= 4 is 15.7 Å². The number of hydrogen-bond acceptors (Lipinski definition) is 3. The quantitative estimate of drug-likeness (QED) is 0.842. The maximum absolute atomic E-state index is 12.5. The lowest BCUT2D eigenvalue weighted by Gasteiger charge is -2.35. The molecule has 1 aromatic rings. The van der Waals surface area contributed by atoms with Crippen LogP contribution in [0.3, 0.4) is 0 Å². The molecule has 1 unspecified atom stereocenters. The van der Waals surface area contributed by atoms with Gasteiger partial charge in [-0.15, -0.1) is 0 Å². The van der Waals surface area contributed by atoms with Crippen LogP contribution in [0.25, 0.3) is 0 Å². The van der Waals surface area contributed by atoms with Crippen molar-refractivity contribution in [3.8, 4) is 0 Å². The van der Waals surface area contributed by atoms with E-state index in [9.17, 15) is 8.42 Å². The fraction of sp³-hybridized carbons (Fsp3) is 0.600. The van der Waals surface area contributed by atoms with Crippen LogP contribution in [0.15, 0.2) is 23.1 Å². The number of nitrogen functional groups attached to an aromatic ring is 1. The summed E-state index contributed by atoms with van der Waals surface area (Å²) < 4.78 is 27.8. The fourth-order valence-corrected chi connectivity index (χ4v) is 4.55. The van der Waals surface area contributed by atoms with Crippen molar-refractivity contribution in [2.45, 2.75) is 57.4 Å². The highest BCUT2D eigenvalue weighted by molar-refractivity contribution is 7.89. The zero-order valence-electron chi connectivity index (χ0n) is 12.4. The average Bonchev–Trinajstić information content (AvgIpc) is 2.25. The highest BCUT2D eigenvalue weighted by Gasteiger charge is 2.31. The summed E-state index contributed by atoms with van der Waals surface area (Å²) in [6, 6.07) is 4.94. The Balaban J connectivity index is 2.19. The van der Waals surface area contributed by atoms with Crippen molar-refractivity contribution in [2.24, 2.45) is 5.41 Å². The third kappa shape index (κ3) is 3.52. The van der Waals surface area contributed by atoms with Gasteiger partial charge < -0.3 is 5.73 Å². The van der Waals surface area contributed by atoms with Gasteiger partial charge in [0.2, 0.25) is 10.0 Å². The Morgan fingerprint density at radius 1 is 1.35 bits per heavy atom. The van der Waals surface area contributed by atoms with Gasteiger partial charge in [-0.05, 0) is 55.4 Å². The SMILES string of the molecule is Cc1cc(N)ccc1S(=O)(=O)NC1CCCC(C)(C)C1. The minimum atomic E-state index is -3.46. The standard InChI is InChI=1S/C15H24N2O2S/c1-11-9-12(16)6-7-14(11)20(18,19)17-13-5-4-8-15(2,3)10-13/h6-7,9,13,17H,4-5,8,10,16H2,1-3H3. The second-order valence-corrected chi connectivity index (χ2v) is 8.29. The molecule has 0 spiro atoms. The van der Waals surface area contributed by atoms with Crippen molar-refractivity contribution in [3.63, 3.8) is 0 Å². The number of sulfonamides is 1. The van der Waals surface area contributed by atoms with Crippen LogP contribution >= 0.6 is 0 Å². The summed E-state index contributed by atoms with van der Waals surface area (Å²) >= 11 is 0. The summed E-state index contributed by atoms with van der Waals surface area (Å²) in [5.41, 5.74) is 7.16. The molecule has 1 aromatic carbocycles. The normalized spacial score (nSPS) is 22.6. The van der Waals surface area contributed by atoms with Crippen molar-refractivity contribution in [1.82, 2.24) is 4.72 Å². The molecule has 2 rings (SSSR count). The molecule has 0 aromatic heterocycles. The van der Waals surface area contributed by atoms with E-state index in [-0.39, 0.29) is 11.5 Å². The minimum absolute atomic E-state index is 0.0284. The summed E-state index contributed by atoms with van der Waals surface area (Å²) in [6.07, 6.45) is 4.03. The predicted molar refractivity (Wildman–Crippen MR) is 81.9 cm³/mol. The van der Waals surface area contributed by atoms with Gasteiger partial charge >= 0.3 is 0 Å². The number of hydrogen-bond donors (Lipinski definition) is 2. The van der Waals surface area contributed by atoms with Crippen LogP contribution < -0.4 is 10.5 Å². The smallest absolute Gasteiger partial charge is 0.241 e. The van der Waals surface area contributed by atoms with E-state index < -0.39 is 10.0 Å². The molecule has 112 valence electrons. The molecule has 1 fully saturated rings. The Morgan fingerprint density at radius 3 is 2.65 bits per heavy atom. The molecule has 0 amide bonds. The van der Waals surface area contributed by atoms with Gasteiger partial charge in [0.1, 0.15) is 0 Å². The summed E-state index contributed by atoms with van der Waals surface area (Å²) in [5, 5.41) is 0. The fourth-order valence-electron chi connectivity index (χ4n) is 3.06. The maximum atomic E-state index is 12.5. The molecule has 3 N–H and O–H groups in total. The lowest BCUT2D eigenvalue weighted by atomic mass is 9.75. The first kappa shape index (κ1) is 15.3. The highest BCUT2D eigenvalue weighted by atomic mass is 32.2. The number of anilines is 1. The molecular formula is C15H24N2O2S. The van der Waals surface area contributed by atoms with Crippen LogP contribution in [0.2, 0.25) is 0 Å². The summed E-state index contributed by atoms with van der Waals surface area (Å²) in [4.78, 5) is 0.329. The van der Waals surface area contributed by atoms with E-state index in [1.54, 1.807) is 25.1 Å². The van der Waals surface area contributed by atoms with Gasteiger partial charge in [-0.1, -0.05) is 20.3 Å². The minimum Gasteiger partial charge on any atom is -0.399 e. The molecule has 20 heavy (non-hydrogen) atoms. The van der Waals surface area contributed by atoms with Crippen LogP contribution in [0.4, 0.5) is 5.69 Å². The first-order valence-electron chi connectivity index (χ1n) is 7.08. The Kier molecular flexibility index (Phi) is 4.12. The van der Waals surface area contributed by atoms with Gasteiger partial charge in [-0.25, -0.2) is 13.1 Å². The molecule has 0 saturated heterocycles. The van der Waals surface area contributed by atoms with Gasteiger partial charge in [-0.2, -0.15) is 0 Å². The number of nitrogens with one attached hydrogen (secondary N) is 1. The van der Waals surface area contributed by atoms with Gasteiger partial charge in [0.05, 0.1) is 4.90 Å². The number of benzene rings is 1. The Bertz CT molecular complexity index is 594. The van der Waals surface area contributed by atoms with Crippen LogP contribution in [-0.2, 0) is 10.0 Å². The summed E-state index contributed by atoms with van der Waals surface area (Å²) in [7, 11) is -3.46. The molecule has 1 aliphatic rings. The molecule has 4 nitrogen and oxygen atoms in total. The van der Waals surface area contributed by atoms with Gasteiger partial charge in [0.25, 0.3) is 0 Å². The average molecular weight is 296 g/mol. The first-order chi connectivity index (χ1) is 9.20. The van der Waals surface area contributed by atoms with E-state index in [0.29, 0.717) is 16.1 Å². The number of aryl methyl sites for hydroxylation is 1. The second kappa shape index (κ2) is 5.37. The van der Waals surface area contributed by atoms with E-state index in [1.807, 2.05) is 0 Å². The van der Waals surface area contributed by atoms with Crippen molar-refractivity contribution in [3.05, 3.63) is 23.8 Å². The first-order valence-corrected chi connectivity index (χ1v) is 8.56. The molecule has 1 saturated carbocycles. The topological polar surface area (TPSA) is 72.2 Å². The number of rotatable bonds is 3. The van der Waals surface area contributed by atoms with E-state index >= 15 is 0 Å². The molecule has 0 radical (unpaired) electrons. The Labute approximate surface area is 121 Å². The van der Waals surface area contributed by atoms with Crippen LogP contribution in [-0.4, -0.2) is 14.5 Å². The van der Waals surface area contributed by atoms with Gasteiger partial charge in [0, 0.05) is 11.7 Å². The largest absolute Gasteiger partial charge is 0.399 e. The second-order valence-electron chi connectivity index (χ2n) is 6.60. The van der Waals surface area contributed by atoms with E-state index in [4.69, 9.17) is 5.73 Å². The summed E-state index contributed by atoms with van der Waals surface area (Å²) in [5.74, 6) is 0. The van der Waals surface area contributed by atoms with Crippen molar-refractivity contribution in [1.29, 1.82) is 0 Å². The van der Waals surface area contributed by atoms with Gasteiger partial charge in [0.15, 0.2) is 0 Å². The molecule has 0 heterocycles. The van der Waals surface area contributed by atoms with E-state index in [2.05, 4.69) is 18.6 Å². The molecule has 5 heteroatoms. The third-order valence-electron chi connectivity index (χ3n) is 4.02. The molecular weight excluding hydrogens is 272 g/mol. The molecule has 0 bridgehead atoms. The van der Waals surface area contributed by atoms with Gasteiger partial charge in [-0.3, -0.25) is 0 Å². The highest BCUT2D eigenvalue weighted by Crippen LogP contribution is 2.35. The van der Waals surface area contributed by atoms with E-state index in [1.165, 1.54) is 0 Å². The zero-order valence-corrected chi connectivity index (χ0v) is 13.3. The summed E-state index contributed by atoms with van der Waals surface area (Å²) in [6.45, 7) is 6.17. The zero-order chi connectivity index (χ0) is 15.0. The van der Waals surface area contributed by atoms with Crippen LogP contribution in [0.5, 0.6) is 0 Å². The maximum Gasteiger partial charge on any atom is 0.241 e. The number of nitrogens with two attached hydrogens (primary N) is 1. The third-order valence-corrected chi connectivity index (χ3v) is 5.70. The molecule has 0 aliphatic heterocycles. The van der Waals surface area contributed by atoms with Crippen LogP contribution in [0.1, 0.15) is 45.1 Å². The van der Waals surface area contributed by atoms with Crippen molar-refractivity contribution < 1.29 is 8.42 Å². The molecule has 1 aliphatic carbocycles. The van der Waals surface area contributed by atoms with Crippen LogP contribution in [0, 0.1) is 12.3 Å². The predicted octanol–water partition coefficient (Wildman–Crippen LogP) is 2.82. The van der Waals surface area contributed by atoms with Crippen molar-refractivity contribution in [2.75, 3.05) is 5.73 Å². The molecule has 1 atom stereocenters.